The molecule has 1 aliphatic rings. The smallest absolute Gasteiger partial charge is 0.262 e. The summed E-state index contributed by atoms with van der Waals surface area (Å²) in [6.07, 6.45) is 0.0485. The molecule has 0 saturated carbocycles. The van der Waals surface area contributed by atoms with Gasteiger partial charge in [0.05, 0.1) is 5.52 Å². The molecule has 146 valence electrons. The van der Waals surface area contributed by atoms with Crippen LogP contribution in [0.1, 0.15) is 27.9 Å². The summed E-state index contributed by atoms with van der Waals surface area (Å²) < 4.78 is 0. The molecular formula is C21H18N4O3S. The average molecular weight is 406 g/mol. The number of aromatic amines is 1. The molecule has 0 radical (unpaired) electrons. The minimum Gasteiger partial charge on any atom is -0.493 e. The molecule has 7 nitrogen and oxygen atoms in total. The molecule has 29 heavy (non-hydrogen) atoms. The van der Waals surface area contributed by atoms with E-state index < -0.39 is 11.2 Å². The van der Waals surface area contributed by atoms with E-state index in [1.54, 1.807) is 12.1 Å². The highest BCUT2D eigenvalue weighted by Gasteiger charge is 2.31. The zero-order valence-corrected chi connectivity index (χ0v) is 16.7. The number of H-pyrrole nitrogens is 1. The maximum Gasteiger partial charge on any atom is 0.262 e. The van der Waals surface area contributed by atoms with E-state index in [0.717, 1.165) is 28.4 Å². The Labute approximate surface area is 171 Å². The predicted octanol–water partition coefficient (Wildman–Crippen LogP) is 4.85. The number of amidine groups is 1. The minimum absolute atomic E-state index is 0.0485. The lowest BCUT2D eigenvalue weighted by Gasteiger charge is -2.07. The number of rotatable bonds is 4. The Bertz CT molecular complexity index is 1200. The SMILES string of the molecule is Cc1ccc(C(=O)CC2SC(N=Nc3c(O)[nH]c4ccccc34)=NC2=O)cc1C. The maximum atomic E-state index is 12.5. The number of aromatic hydroxyl groups is 1. The van der Waals surface area contributed by atoms with Crippen molar-refractivity contribution in [1.82, 2.24) is 4.98 Å². The summed E-state index contributed by atoms with van der Waals surface area (Å²) >= 11 is 1.11. The third-order valence-corrected chi connectivity index (χ3v) is 5.86. The Kier molecular flexibility index (Phi) is 5.02. The molecule has 0 bridgehead atoms. The first kappa shape index (κ1) is 19.1. The van der Waals surface area contributed by atoms with Crippen LogP contribution in [0, 0.1) is 13.8 Å². The van der Waals surface area contributed by atoms with Gasteiger partial charge in [-0.2, -0.15) is 4.99 Å². The third kappa shape index (κ3) is 3.84. The first-order chi connectivity index (χ1) is 13.9. The summed E-state index contributed by atoms with van der Waals surface area (Å²) in [5, 5.41) is 18.4. The molecule has 4 rings (SSSR count). The highest BCUT2D eigenvalue weighted by molar-refractivity contribution is 8.15. The highest BCUT2D eigenvalue weighted by Crippen LogP contribution is 2.36. The van der Waals surface area contributed by atoms with Gasteiger partial charge >= 0.3 is 0 Å². The van der Waals surface area contributed by atoms with Gasteiger partial charge in [0.25, 0.3) is 5.91 Å². The van der Waals surface area contributed by atoms with Crippen LogP contribution in [0.4, 0.5) is 5.69 Å². The maximum absolute atomic E-state index is 12.5. The Morgan fingerprint density at radius 2 is 1.97 bits per heavy atom. The van der Waals surface area contributed by atoms with E-state index in [0.29, 0.717) is 10.9 Å². The number of aliphatic imine (C=N–C) groups is 1. The van der Waals surface area contributed by atoms with Crippen LogP contribution in [0.5, 0.6) is 5.88 Å². The van der Waals surface area contributed by atoms with E-state index >= 15 is 0 Å². The van der Waals surface area contributed by atoms with Crippen molar-refractivity contribution in [2.24, 2.45) is 15.2 Å². The first-order valence-electron chi connectivity index (χ1n) is 9.03. The number of amides is 1. The largest absolute Gasteiger partial charge is 0.493 e. The number of carbonyl (C=O) groups excluding carboxylic acids is 2. The summed E-state index contributed by atoms with van der Waals surface area (Å²) in [5.74, 6) is -0.614. The highest BCUT2D eigenvalue weighted by atomic mass is 32.2. The number of hydrogen-bond donors (Lipinski definition) is 2. The Morgan fingerprint density at radius 1 is 1.17 bits per heavy atom. The van der Waals surface area contributed by atoms with Gasteiger partial charge in [-0.25, -0.2) is 0 Å². The lowest BCUT2D eigenvalue weighted by Crippen LogP contribution is -2.16. The van der Waals surface area contributed by atoms with Gasteiger partial charge in [0.2, 0.25) is 11.0 Å². The number of azo groups is 1. The van der Waals surface area contributed by atoms with Crippen LogP contribution in [0.15, 0.2) is 57.7 Å². The average Bonchev–Trinajstić information content (AvgIpc) is 3.20. The van der Waals surface area contributed by atoms with E-state index in [9.17, 15) is 14.7 Å². The summed E-state index contributed by atoms with van der Waals surface area (Å²) in [4.78, 5) is 31.4. The second-order valence-electron chi connectivity index (χ2n) is 6.83. The number of carbonyl (C=O) groups is 2. The number of thioether (sulfide) groups is 1. The molecule has 3 aromatic rings. The van der Waals surface area contributed by atoms with Crippen LogP contribution in [0.25, 0.3) is 10.9 Å². The number of aromatic nitrogens is 1. The van der Waals surface area contributed by atoms with Gasteiger partial charge in [-0.05, 0) is 37.1 Å². The number of hydrogen-bond acceptors (Lipinski definition) is 6. The molecule has 1 aromatic heterocycles. The van der Waals surface area contributed by atoms with Crippen molar-refractivity contribution < 1.29 is 14.7 Å². The number of Topliss-reactive ketones (excluding diaryl/α,β-unsaturated/α-hetero) is 1. The fourth-order valence-electron chi connectivity index (χ4n) is 3.05. The van der Waals surface area contributed by atoms with E-state index in [1.165, 1.54) is 0 Å². The Balaban J connectivity index is 1.46. The predicted molar refractivity (Wildman–Crippen MR) is 113 cm³/mol. The number of nitrogens with one attached hydrogen (secondary N) is 1. The molecule has 0 saturated heterocycles. The normalized spacial score (nSPS) is 16.7. The molecular weight excluding hydrogens is 388 g/mol. The molecule has 1 aliphatic heterocycles. The fourth-order valence-corrected chi connectivity index (χ4v) is 3.93. The standard InChI is InChI=1S/C21H18N4O3S/c1-11-7-8-13(9-12(11)2)16(26)10-17-19(27)23-21(29-17)25-24-18-14-5-3-4-6-15(14)22-20(18)28/h3-9,17,22,28H,10H2,1-2H3. The Morgan fingerprint density at radius 3 is 2.76 bits per heavy atom. The van der Waals surface area contributed by atoms with Crippen LogP contribution in [-0.2, 0) is 4.79 Å². The number of nitrogens with zero attached hydrogens (tertiary/aromatic N) is 3. The van der Waals surface area contributed by atoms with Gasteiger partial charge in [0.15, 0.2) is 11.5 Å². The monoisotopic (exact) mass is 406 g/mol. The molecule has 1 atom stereocenters. The summed E-state index contributed by atoms with van der Waals surface area (Å²) in [7, 11) is 0. The second kappa shape index (κ2) is 7.63. The summed E-state index contributed by atoms with van der Waals surface area (Å²) in [5.41, 5.74) is 3.74. The van der Waals surface area contributed by atoms with Gasteiger partial charge in [0, 0.05) is 17.4 Å². The van der Waals surface area contributed by atoms with Crippen molar-refractivity contribution >= 4 is 45.2 Å². The van der Waals surface area contributed by atoms with Crippen LogP contribution in [0.3, 0.4) is 0 Å². The molecule has 8 heteroatoms. The Hall–Kier alpha value is -3.26. The molecule has 2 aromatic carbocycles. The second-order valence-corrected chi connectivity index (χ2v) is 8.00. The molecule has 2 heterocycles. The number of para-hydroxylation sites is 1. The van der Waals surface area contributed by atoms with Gasteiger partial charge in [-0.1, -0.05) is 42.1 Å². The molecule has 2 N–H and O–H groups in total. The van der Waals surface area contributed by atoms with E-state index in [-0.39, 0.29) is 28.9 Å². The van der Waals surface area contributed by atoms with Crippen LogP contribution in [-0.4, -0.2) is 32.2 Å². The molecule has 0 aliphatic carbocycles. The number of ketones is 1. The van der Waals surface area contributed by atoms with Crippen molar-refractivity contribution in [2.75, 3.05) is 0 Å². The van der Waals surface area contributed by atoms with Gasteiger partial charge < -0.3 is 10.1 Å². The topological polar surface area (TPSA) is 107 Å². The number of aryl methyl sites for hydroxylation is 2. The summed E-state index contributed by atoms with van der Waals surface area (Å²) in [6.45, 7) is 3.93. The van der Waals surface area contributed by atoms with Crippen molar-refractivity contribution in [3.8, 4) is 5.88 Å². The van der Waals surface area contributed by atoms with Crippen LogP contribution >= 0.6 is 11.8 Å². The van der Waals surface area contributed by atoms with Crippen LogP contribution in [0.2, 0.25) is 0 Å². The fraction of sp³-hybridized carbons (Fsp3) is 0.190. The summed E-state index contributed by atoms with van der Waals surface area (Å²) in [6, 6.07) is 12.8. The lowest BCUT2D eigenvalue weighted by molar-refractivity contribution is -0.117. The number of benzene rings is 2. The third-order valence-electron chi connectivity index (χ3n) is 4.82. The zero-order valence-electron chi connectivity index (χ0n) is 15.8. The van der Waals surface area contributed by atoms with Gasteiger partial charge in [0.1, 0.15) is 5.25 Å². The van der Waals surface area contributed by atoms with E-state index in [2.05, 4.69) is 20.2 Å². The molecule has 0 fully saturated rings. The molecule has 0 spiro atoms. The van der Waals surface area contributed by atoms with Crippen molar-refractivity contribution in [3.63, 3.8) is 0 Å². The van der Waals surface area contributed by atoms with Gasteiger partial charge in [-0.15, -0.1) is 10.2 Å². The van der Waals surface area contributed by atoms with Crippen LogP contribution < -0.4 is 0 Å². The van der Waals surface area contributed by atoms with Crippen molar-refractivity contribution in [3.05, 3.63) is 59.2 Å². The minimum atomic E-state index is -0.616. The quantitative estimate of drug-likeness (QED) is 0.477. The van der Waals surface area contributed by atoms with E-state index in [1.807, 2.05) is 44.2 Å². The lowest BCUT2D eigenvalue weighted by atomic mass is 10.0. The zero-order chi connectivity index (χ0) is 20.5. The first-order valence-corrected chi connectivity index (χ1v) is 9.91. The van der Waals surface area contributed by atoms with Crippen molar-refractivity contribution in [1.29, 1.82) is 0 Å². The molecule has 1 unspecified atom stereocenters. The number of fused-ring (bicyclic) bond motifs is 1. The van der Waals surface area contributed by atoms with Gasteiger partial charge in [-0.3, -0.25) is 9.59 Å². The van der Waals surface area contributed by atoms with E-state index in [4.69, 9.17) is 0 Å². The molecule has 1 amide bonds. The van der Waals surface area contributed by atoms with Crippen molar-refractivity contribution in [2.45, 2.75) is 25.5 Å².